The van der Waals surface area contributed by atoms with E-state index >= 15 is 0 Å². The van der Waals surface area contributed by atoms with Gasteiger partial charge in [0.2, 0.25) is 5.88 Å². The zero-order valence-corrected chi connectivity index (χ0v) is 9.64. The predicted octanol–water partition coefficient (Wildman–Crippen LogP) is 2.10. The van der Waals surface area contributed by atoms with Gasteiger partial charge in [-0.3, -0.25) is 4.79 Å². The van der Waals surface area contributed by atoms with Gasteiger partial charge in [0.15, 0.2) is 11.5 Å². The van der Waals surface area contributed by atoms with Crippen molar-refractivity contribution in [1.29, 1.82) is 0 Å². The van der Waals surface area contributed by atoms with E-state index in [9.17, 15) is 4.79 Å². The summed E-state index contributed by atoms with van der Waals surface area (Å²) in [6.07, 6.45) is 6.28. The Morgan fingerprint density at radius 1 is 1.38 bits per heavy atom. The number of ether oxygens (including phenoxy) is 1. The first kappa shape index (κ1) is 11.0. The molecule has 1 saturated carbocycles. The summed E-state index contributed by atoms with van der Waals surface area (Å²) in [5.74, 6) is 0.950. The molecule has 0 spiro atoms. The summed E-state index contributed by atoms with van der Waals surface area (Å²) in [5, 5.41) is 0. The second-order valence-corrected chi connectivity index (χ2v) is 4.29. The average molecular weight is 220 g/mol. The van der Waals surface area contributed by atoms with E-state index in [1.165, 1.54) is 19.5 Å². The molecule has 86 valence electrons. The maximum Gasteiger partial charge on any atom is 0.243 e. The topological polar surface area (TPSA) is 52.1 Å². The Kier molecular flexibility index (Phi) is 3.17. The van der Waals surface area contributed by atoms with E-state index in [1.807, 2.05) is 0 Å². The molecule has 0 amide bonds. The third-order valence-corrected chi connectivity index (χ3v) is 3.29. The molecule has 0 aliphatic heterocycles. The first-order valence-electron chi connectivity index (χ1n) is 5.63. The van der Waals surface area contributed by atoms with Gasteiger partial charge in [0.05, 0.1) is 7.11 Å². The van der Waals surface area contributed by atoms with Crippen LogP contribution in [0.4, 0.5) is 0 Å². The number of rotatable bonds is 3. The Labute approximate surface area is 95.1 Å². The lowest BCUT2D eigenvalue weighted by Gasteiger charge is -2.14. The molecule has 1 fully saturated rings. The molecule has 0 aromatic carbocycles. The van der Waals surface area contributed by atoms with Crippen molar-refractivity contribution in [1.82, 2.24) is 9.97 Å². The quantitative estimate of drug-likeness (QED) is 0.732. The Hall–Kier alpha value is -1.45. The lowest BCUT2D eigenvalue weighted by Crippen LogP contribution is -2.19. The maximum absolute atomic E-state index is 12.3. The van der Waals surface area contributed by atoms with Crippen LogP contribution in [0.2, 0.25) is 0 Å². The second-order valence-electron chi connectivity index (χ2n) is 4.29. The molecule has 4 heteroatoms. The molecule has 0 N–H and O–H groups in total. The molecule has 0 bridgehead atoms. The van der Waals surface area contributed by atoms with Crippen LogP contribution in [0.25, 0.3) is 0 Å². The van der Waals surface area contributed by atoms with Gasteiger partial charge in [-0.1, -0.05) is 13.3 Å². The fourth-order valence-electron chi connectivity index (χ4n) is 2.35. The molecule has 2 atom stereocenters. The molecule has 1 aliphatic rings. The summed E-state index contributed by atoms with van der Waals surface area (Å²) in [6.45, 7) is 2.12. The highest BCUT2D eigenvalue weighted by molar-refractivity contribution is 5.98. The van der Waals surface area contributed by atoms with Gasteiger partial charge in [0.25, 0.3) is 0 Å². The van der Waals surface area contributed by atoms with Crippen LogP contribution in [-0.4, -0.2) is 22.9 Å². The number of aromatic nitrogens is 2. The van der Waals surface area contributed by atoms with E-state index in [-0.39, 0.29) is 11.7 Å². The van der Waals surface area contributed by atoms with Gasteiger partial charge in [0.1, 0.15) is 0 Å². The number of Topliss-reactive ketones (excluding diaryl/α,β-unsaturated/α-hetero) is 1. The minimum Gasteiger partial charge on any atom is -0.479 e. The van der Waals surface area contributed by atoms with Crippen LogP contribution in [0, 0.1) is 11.8 Å². The van der Waals surface area contributed by atoms with Crippen molar-refractivity contribution in [3.63, 3.8) is 0 Å². The number of hydrogen-bond donors (Lipinski definition) is 0. The van der Waals surface area contributed by atoms with Crippen LogP contribution in [0.5, 0.6) is 5.88 Å². The highest BCUT2D eigenvalue weighted by Crippen LogP contribution is 2.34. The van der Waals surface area contributed by atoms with Crippen molar-refractivity contribution < 1.29 is 9.53 Å². The van der Waals surface area contributed by atoms with E-state index in [4.69, 9.17) is 4.74 Å². The van der Waals surface area contributed by atoms with Crippen LogP contribution in [0.15, 0.2) is 12.4 Å². The molecule has 2 rings (SSSR count). The van der Waals surface area contributed by atoms with Crippen molar-refractivity contribution in [3.8, 4) is 5.88 Å². The Morgan fingerprint density at radius 2 is 2.12 bits per heavy atom. The van der Waals surface area contributed by atoms with Gasteiger partial charge in [-0.15, -0.1) is 0 Å². The van der Waals surface area contributed by atoms with E-state index in [2.05, 4.69) is 16.9 Å². The monoisotopic (exact) mass is 220 g/mol. The Bertz CT molecular complexity index is 392. The second kappa shape index (κ2) is 4.60. The molecule has 1 aliphatic carbocycles. The van der Waals surface area contributed by atoms with Gasteiger partial charge in [-0.25, -0.2) is 9.97 Å². The zero-order valence-electron chi connectivity index (χ0n) is 9.64. The molecule has 1 heterocycles. The lowest BCUT2D eigenvalue weighted by atomic mass is 9.92. The minimum atomic E-state index is 0.0787. The summed E-state index contributed by atoms with van der Waals surface area (Å²) >= 11 is 0. The molecule has 16 heavy (non-hydrogen) atoms. The minimum absolute atomic E-state index is 0.0787. The summed E-state index contributed by atoms with van der Waals surface area (Å²) in [6, 6.07) is 0. The fraction of sp³-hybridized carbons (Fsp3) is 0.583. The van der Waals surface area contributed by atoms with Crippen molar-refractivity contribution in [2.45, 2.75) is 26.2 Å². The van der Waals surface area contributed by atoms with Crippen molar-refractivity contribution in [2.24, 2.45) is 11.8 Å². The molecule has 2 unspecified atom stereocenters. The maximum atomic E-state index is 12.3. The summed E-state index contributed by atoms with van der Waals surface area (Å²) in [5.41, 5.74) is 0.378. The third-order valence-electron chi connectivity index (χ3n) is 3.29. The highest BCUT2D eigenvalue weighted by Gasteiger charge is 2.32. The highest BCUT2D eigenvalue weighted by atomic mass is 16.5. The number of methoxy groups -OCH3 is 1. The molecule has 4 nitrogen and oxygen atoms in total. The number of ketones is 1. The first-order chi connectivity index (χ1) is 7.74. The number of carbonyl (C=O) groups is 1. The standard InChI is InChI=1S/C12H16N2O2/c1-8-4-3-5-9(8)11(15)10-12(16-2)14-7-6-13-10/h6-9H,3-5H2,1-2H3. The van der Waals surface area contributed by atoms with Crippen LogP contribution in [0.3, 0.4) is 0 Å². The fourth-order valence-corrected chi connectivity index (χ4v) is 2.35. The SMILES string of the molecule is COc1nccnc1C(=O)C1CCCC1C. The van der Waals surface area contributed by atoms with Gasteiger partial charge in [-0.2, -0.15) is 0 Å². The van der Waals surface area contributed by atoms with Gasteiger partial charge in [0, 0.05) is 18.3 Å². The van der Waals surface area contributed by atoms with Gasteiger partial charge < -0.3 is 4.74 Å². The molecule has 0 radical (unpaired) electrons. The van der Waals surface area contributed by atoms with Gasteiger partial charge >= 0.3 is 0 Å². The molecular formula is C12H16N2O2. The molecule has 1 aromatic rings. The summed E-state index contributed by atoms with van der Waals surface area (Å²) in [4.78, 5) is 20.4. The van der Waals surface area contributed by atoms with Crippen LogP contribution >= 0.6 is 0 Å². The predicted molar refractivity (Wildman–Crippen MR) is 59.4 cm³/mol. The van der Waals surface area contributed by atoms with E-state index in [1.54, 1.807) is 0 Å². The van der Waals surface area contributed by atoms with Crippen molar-refractivity contribution in [2.75, 3.05) is 7.11 Å². The largest absolute Gasteiger partial charge is 0.479 e. The van der Waals surface area contributed by atoms with Crippen LogP contribution < -0.4 is 4.74 Å². The Balaban J connectivity index is 2.26. The van der Waals surface area contributed by atoms with E-state index < -0.39 is 0 Å². The zero-order chi connectivity index (χ0) is 11.5. The normalized spacial score (nSPS) is 24.4. The summed E-state index contributed by atoms with van der Waals surface area (Å²) in [7, 11) is 1.51. The molecule has 1 aromatic heterocycles. The third kappa shape index (κ3) is 1.92. The number of hydrogen-bond acceptors (Lipinski definition) is 4. The summed E-state index contributed by atoms with van der Waals surface area (Å²) < 4.78 is 5.07. The number of nitrogens with zero attached hydrogens (tertiary/aromatic N) is 2. The first-order valence-corrected chi connectivity index (χ1v) is 5.63. The molecule has 0 saturated heterocycles. The van der Waals surface area contributed by atoms with Gasteiger partial charge in [-0.05, 0) is 18.8 Å². The van der Waals surface area contributed by atoms with Crippen LogP contribution in [0.1, 0.15) is 36.7 Å². The van der Waals surface area contributed by atoms with Crippen molar-refractivity contribution >= 4 is 5.78 Å². The van der Waals surface area contributed by atoms with E-state index in [0.29, 0.717) is 17.5 Å². The molecular weight excluding hydrogens is 204 g/mol. The Morgan fingerprint density at radius 3 is 2.75 bits per heavy atom. The van der Waals surface area contributed by atoms with Crippen LogP contribution in [-0.2, 0) is 0 Å². The average Bonchev–Trinajstić information content (AvgIpc) is 2.74. The lowest BCUT2D eigenvalue weighted by molar-refractivity contribution is 0.0887. The van der Waals surface area contributed by atoms with E-state index in [0.717, 1.165) is 19.3 Å². The number of carbonyl (C=O) groups excluding carboxylic acids is 1. The smallest absolute Gasteiger partial charge is 0.243 e. The van der Waals surface area contributed by atoms with Crippen molar-refractivity contribution in [3.05, 3.63) is 18.1 Å².